The lowest BCUT2D eigenvalue weighted by molar-refractivity contribution is 0.0497. The molecular weight excluding hydrogens is 390 g/mol. The molecule has 0 N–H and O–H groups in total. The Morgan fingerprint density at radius 3 is 1.97 bits per heavy atom. The van der Waals surface area contributed by atoms with Crippen LogP contribution < -0.4 is 4.90 Å². The second-order valence-corrected chi connectivity index (χ2v) is 8.01. The van der Waals surface area contributed by atoms with E-state index >= 15 is 0 Å². The highest BCUT2D eigenvalue weighted by Gasteiger charge is 2.36. The predicted molar refractivity (Wildman–Crippen MR) is 122 cm³/mol. The zero-order valence-electron chi connectivity index (χ0n) is 18.3. The fourth-order valence-electron chi connectivity index (χ4n) is 3.86. The summed E-state index contributed by atoms with van der Waals surface area (Å²) in [6.45, 7) is 2.61. The number of anilines is 1. The first-order valence-corrected chi connectivity index (χ1v) is 11.4. The van der Waals surface area contributed by atoms with Gasteiger partial charge in [-0.2, -0.15) is 0 Å². The first kappa shape index (κ1) is 22.7. The summed E-state index contributed by atoms with van der Waals surface area (Å²) in [5.74, 6) is -1.18. The van der Waals surface area contributed by atoms with Crippen LogP contribution in [0.15, 0.2) is 48.5 Å². The Kier molecular flexibility index (Phi) is 8.39. The maximum atomic E-state index is 12.6. The smallest absolute Gasteiger partial charge is 0.338 e. The lowest BCUT2D eigenvalue weighted by Gasteiger charge is -2.14. The molecule has 0 unspecified atom stereocenters. The second kappa shape index (κ2) is 11.4. The number of benzene rings is 2. The number of hydrogen-bond acceptors (Lipinski definition) is 4. The van der Waals surface area contributed by atoms with E-state index in [9.17, 15) is 14.4 Å². The first-order chi connectivity index (χ1) is 15.1. The fraction of sp³-hybridized carbons (Fsp3) is 0.423. The molecule has 0 aromatic heterocycles. The van der Waals surface area contributed by atoms with Crippen LogP contribution in [0.25, 0.3) is 0 Å². The van der Waals surface area contributed by atoms with Gasteiger partial charge in [-0.25, -0.2) is 9.69 Å². The summed E-state index contributed by atoms with van der Waals surface area (Å²) in [6, 6.07) is 13.2. The minimum Gasteiger partial charge on any atom is -0.462 e. The zero-order valence-corrected chi connectivity index (χ0v) is 18.3. The average Bonchev–Trinajstić information content (AvgIpc) is 3.05. The molecule has 164 valence electrons. The molecule has 2 aromatic carbocycles. The van der Waals surface area contributed by atoms with Crippen LogP contribution in [-0.4, -0.2) is 24.4 Å². The Bertz CT molecular complexity index is 886. The summed E-state index contributed by atoms with van der Waals surface area (Å²) in [5, 5.41) is 0. The van der Waals surface area contributed by atoms with E-state index in [0.717, 1.165) is 17.7 Å². The topological polar surface area (TPSA) is 63.7 Å². The Labute approximate surface area is 184 Å². The summed E-state index contributed by atoms with van der Waals surface area (Å²) in [7, 11) is 0. The molecule has 2 amide bonds. The molecule has 2 aromatic rings. The van der Waals surface area contributed by atoms with E-state index in [-0.39, 0.29) is 11.8 Å². The zero-order chi connectivity index (χ0) is 22.1. The maximum absolute atomic E-state index is 12.6. The lowest BCUT2D eigenvalue weighted by atomic mass is 10.1. The highest BCUT2D eigenvalue weighted by molar-refractivity contribution is 6.34. The minimum atomic E-state index is -0.432. The third-order valence-electron chi connectivity index (χ3n) is 5.62. The van der Waals surface area contributed by atoms with E-state index in [1.807, 2.05) is 0 Å². The number of esters is 1. The van der Waals surface area contributed by atoms with Crippen LogP contribution >= 0.6 is 0 Å². The van der Waals surface area contributed by atoms with Crippen molar-refractivity contribution in [2.45, 2.75) is 64.7 Å². The van der Waals surface area contributed by atoms with Crippen LogP contribution in [0.2, 0.25) is 0 Å². The molecule has 3 rings (SSSR count). The first-order valence-electron chi connectivity index (χ1n) is 11.4. The van der Waals surface area contributed by atoms with E-state index in [0.29, 0.717) is 29.0 Å². The van der Waals surface area contributed by atoms with Crippen molar-refractivity contribution in [2.24, 2.45) is 0 Å². The molecule has 0 saturated carbocycles. The SMILES string of the molecule is CCCCCCCCCCCOC(=O)c1cccc(N2C(=O)c3ccccc3C2=O)c1. The number of unbranched alkanes of at least 4 members (excludes halogenated alkanes) is 8. The van der Waals surface area contributed by atoms with Gasteiger partial charge in [0, 0.05) is 0 Å². The third kappa shape index (κ3) is 5.81. The van der Waals surface area contributed by atoms with Gasteiger partial charge in [-0.3, -0.25) is 9.59 Å². The summed E-state index contributed by atoms with van der Waals surface area (Å²) in [4.78, 5) is 38.8. The van der Waals surface area contributed by atoms with Crippen LogP contribution in [0.5, 0.6) is 0 Å². The van der Waals surface area contributed by atoms with Crippen molar-refractivity contribution >= 4 is 23.5 Å². The number of ether oxygens (including phenoxy) is 1. The van der Waals surface area contributed by atoms with E-state index in [1.165, 1.54) is 44.9 Å². The van der Waals surface area contributed by atoms with Crippen LogP contribution in [0.4, 0.5) is 5.69 Å². The predicted octanol–water partition coefficient (Wildman–Crippen LogP) is 6.17. The Balaban J connectivity index is 1.46. The molecule has 1 aliphatic rings. The van der Waals surface area contributed by atoms with E-state index < -0.39 is 5.97 Å². The van der Waals surface area contributed by atoms with Crippen molar-refractivity contribution < 1.29 is 19.1 Å². The summed E-state index contributed by atoms with van der Waals surface area (Å²) >= 11 is 0. The lowest BCUT2D eigenvalue weighted by Crippen LogP contribution is -2.29. The van der Waals surface area contributed by atoms with Crippen LogP contribution in [-0.2, 0) is 4.74 Å². The molecule has 5 heteroatoms. The summed E-state index contributed by atoms with van der Waals surface area (Å²) in [5.41, 5.74) is 1.48. The van der Waals surface area contributed by atoms with Gasteiger partial charge in [0.2, 0.25) is 0 Å². The molecule has 0 spiro atoms. The average molecular weight is 422 g/mol. The molecule has 0 bridgehead atoms. The summed E-state index contributed by atoms with van der Waals surface area (Å²) < 4.78 is 5.39. The number of imide groups is 1. The van der Waals surface area contributed by atoms with Gasteiger partial charge >= 0.3 is 5.97 Å². The molecular formula is C26H31NO4. The largest absolute Gasteiger partial charge is 0.462 e. The molecule has 31 heavy (non-hydrogen) atoms. The normalized spacial score (nSPS) is 12.9. The van der Waals surface area contributed by atoms with Gasteiger partial charge in [0.1, 0.15) is 0 Å². The Hall–Kier alpha value is -2.95. The van der Waals surface area contributed by atoms with Crippen molar-refractivity contribution in [1.29, 1.82) is 0 Å². The number of carbonyl (C=O) groups is 3. The van der Waals surface area contributed by atoms with Gasteiger partial charge in [0.05, 0.1) is 29.0 Å². The number of fused-ring (bicyclic) bond motifs is 1. The van der Waals surface area contributed by atoms with Crippen molar-refractivity contribution in [3.05, 3.63) is 65.2 Å². The second-order valence-electron chi connectivity index (χ2n) is 8.01. The fourth-order valence-corrected chi connectivity index (χ4v) is 3.86. The van der Waals surface area contributed by atoms with Gasteiger partial charge in [-0.1, -0.05) is 76.5 Å². The minimum absolute atomic E-state index is 0.338. The molecule has 0 atom stereocenters. The van der Waals surface area contributed by atoms with Gasteiger partial charge in [-0.05, 0) is 36.8 Å². The Morgan fingerprint density at radius 2 is 1.35 bits per heavy atom. The molecule has 0 saturated heterocycles. The maximum Gasteiger partial charge on any atom is 0.338 e. The molecule has 0 aliphatic carbocycles. The summed E-state index contributed by atoms with van der Waals surface area (Å²) in [6.07, 6.45) is 10.8. The quantitative estimate of drug-likeness (QED) is 0.233. The highest BCUT2D eigenvalue weighted by Crippen LogP contribution is 2.28. The van der Waals surface area contributed by atoms with Gasteiger partial charge in [0.15, 0.2) is 0 Å². The van der Waals surface area contributed by atoms with E-state index in [4.69, 9.17) is 4.74 Å². The van der Waals surface area contributed by atoms with Crippen molar-refractivity contribution in [2.75, 3.05) is 11.5 Å². The van der Waals surface area contributed by atoms with Crippen molar-refractivity contribution in [3.8, 4) is 0 Å². The van der Waals surface area contributed by atoms with E-state index in [2.05, 4.69) is 6.92 Å². The van der Waals surface area contributed by atoms with Crippen LogP contribution in [0.3, 0.4) is 0 Å². The molecule has 0 radical (unpaired) electrons. The number of amides is 2. The van der Waals surface area contributed by atoms with Gasteiger partial charge < -0.3 is 4.74 Å². The molecule has 1 heterocycles. The number of nitrogens with zero attached hydrogens (tertiary/aromatic N) is 1. The van der Waals surface area contributed by atoms with Crippen LogP contribution in [0, 0.1) is 0 Å². The standard InChI is InChI=1S/C26H31NO4/c1-2-3-4-5-6-7-8-9-12-18-31-26(30)20-14-13-15-21(19-20)27-24(28)22-16-10-11-17-23(22)25(27)29/h10-11,13-17,19H,2-9,12,18H2,1H3. The number of rotatable bonds is 12. The van der Waals surface area contributed by atoms with Crippen molar-refractivity contribution in [1.82, 2.24) is 0 Å². The number of carbonyl (C=O) groups excluding carboxylic acids is 3. The Morgan fingerprint density at radius 1 is 0.774 bits per heavy atom. The van der Waals surface area contributed by atoms with Crippen molar-refractivity contribution in [3.63, 3.8) is 0 Å². The number of hydrogen-bond donors (Lipinski definition) is 0. The molecule has 0 fully saturated rings. The monoisotopic (exact) mass is 421 g/mol. The molecule has 1 aliphatic heterocycles. The van der Waals surface area contributed by atoms with Gasteiger partial charge in [-0.15, -0.1) is 0 Å². The van der Waals surface area contributed by atoms with Gasteiger partial charge in [0.25, 0.3) is 11.8 Å². The van der Waals surface area contributed by atoms with Crippen LogP contribution in [0.1, 0.15) is 95.8 Å². The third-order valence-corrected chi connectivity index (χ3v) is 5.62. The highest BCUT2D eigenvalue weighted by atomic mass is 16.5. The molecule has 5 nitrogen and oxygen atoms in total. The van der Waals surface area contributed by atoms with E-state index in [1.54, 1.807) is 48.5 Å².